The molecular formula is C24H29NO4S. The standard InChI is InChI=1S/C24H29NO4S/c1-17-13-14-25(20-7-5-6-8-21(20)30-17)22(26)15-29-23(27)16-28-19-11-9-18(10-12-19)24(2,3)4/h5-12,17H,13-16H2,1-4H3. The van der Waals surface area contributed by atoms with E-state index in [9.17, 15) is 9.59 Å². The van der Waals surface area contributed by atoms with Gasteiger partial charge in [0.05, 0.1) is 5.69 Å². The molecule has 1 heterocycles. The minimum atomic E-state index is -0.561. The normalized spacial score (nSPS) is 16.4. The van der Waals surface area contributed by atoms with Crippen molar-refractivity contribution in [3.63, 3.8) is 0 Å². The second-order valence-corrected chi connectivity index (χ2v) is 9.93. The molecule has 0 N–H and O–H groups in total. The van der Waals surface area contributed by atoms with E-state index in [1.165, 1.54) is 5.56 Å². The molecule has 1 unspecified atom stereocenters. The summed E-state index contributed by atoms with van der Waals surface area (Å²) in [5, 5.41) is 0.421. The van der Waals surface area contributed by atoms with E-state index in [4.69, 9.17) is 9.47 Å². The number of para-hydroxylation sites is 1. The van der Waals surface area contributed by atoms with Crippen LogP contribution in [0.2, 0.25) is 0 Å². The number of hydrogen-bond acceptors (Lipinski definition) is 5. The average Bonchev–Trinajstić information content (AvgIpc) is 2.88. The lowest BCUT2D eigenvalue weighted by molar-refractivity contribution is -0.149. The van der Waals surface area contributed by atoms with Crippen LogP contribution in [0.5, 0.6) is 5.75 Å². The summed E-state index contributed by atoms with van der Waals surface area (Å²) < 4.78 is 10.7. The Balaban J connectivity index is 1.52. The van der Waals surface area contributed by atoms with Crippen LogP contribution in [0, 0.1) is 0 Å². The smallest absolute Gasteiger partial charge is 0.344 e. The van der Waals surface area contributed by atoms with Crippen molar-refractivity contribution < 1.29 is 19.1 Å². The zero-order valence-corrected chi connectivity index (χ0v) is 18.8. The molecular weight excluding hydrogens is 398 g/mol. The molecule has 1 amide bonds. The van der Waals surface area contributed by atoms with Crippen molar-refractivity contribution in [1.29, 1.82) is 0 Å². The number of rotatable bonds is 5. The van der Waals surface area contributed by atoms with Crippen LogP contribution in [0.15, 0.2) is 53.4 Å². The van der Waals surface area contributed by atoms with Crippen molar-refractivity contribution in [3.8, 4) is 5.75 Å². The molecule has 6 heteroatoms. The van der Waals surface area contributed by atoms with Gasteiger partial charge in [0.1, 0.15) is 5.75 Å². The fraction of sp³-hybridized carbons (Fsp3) is 0.417. The fourth-order valence-electron chi connectivity index (χ4n) is 3.20. The molecule has 0 aromatic heterocycles. The molecule has 0 aliphatic carbocycles. The van der Waals surface area contributed by atoms with E-state index in [0.29, 0.717) is 17.5 Å². The molecule has 1 atom stereocenters. The minimum absolute atomic E-state index is 0.0556. The van der Waals surface area contributed by atoms with Crippen molar-refractivity contribution in [1.82, 2.24) is 0 Å². The maximum absolute atomic E-state index is 12.7. The van der Waals surface area contributed by atoms with Gasteiger partial charge in [0.2, 0.25) is 0 Å². The Bertz CT molecular complexity index is 889. The van der Waals surface area contributed by atoms with Gasteiger partial charge in [-0.1, -0.05) is 52.0 Å². The largest absolute Gasteiger partial charge is 0.482 e. The molecule has 3 rings (SSSR count). The second-order valence-electron chi connectivity index (χ2n) is 8.45. The first kappa shape index (κ1) is 22.2. The molecule has 0 radical (unpaired) electrons. The summed E-state index contributed by atoms with van der Waals surface area (Å²) >= 11 is 1.76. The van der Waals surface area contributed by atoms with E-state index in [-0.39, 0.29) is 24.5 Å². The summed E-state index contributed by atoms with van der Waals surface area (Å²) in [6.45, 7) is 8.65. The van der Waals surface area contributed by atoms with Gasteiger partial charge in [-0.05, 0) is 41.7 Å². The summed E-state index contributed by atoms with van der Waals surface area (Å²) in [4.78, 5) is 27.6. The lowest BCUT2D eigenvalue weighted by atomic mass is 9.87. The second kappa shape index (κ2) is 9.56. The number of anilines is 1. The Morgan fingerprint density at radius 2 is 1.77 bits per heavy atom. The Labute approximate surface area is 182 Å². The van der Waals surface area contributed by atoms with E-state index >= 15 is 0 Å². The molecule has 0 spiro atoms. The molecule has 2 aromatic rings. The molecule has 1 aliphatic heterocycles. The van der Waals surface area contributed by atoms with Crippen LogP contribution < -0.4 is 9.64 Å². The van der Waals surface area contributed by atoms with Crippen LogP contribution in [0.25, 0.3) is 0 Å². The molecule has 2 aromatic carbocycles. The number of carbonyl (C=O) groups excluding carboxylic acids is 2. The van der Waals surface area contributed by atoms with Gasteiger partial charge in [0.15, 0.2) is 13.2 Å². The molecule has 160 valence electrons. The monoisotopic (exact) mass is 427 g/mol. The number of esters is 1. The maximum Gasteiger partial charge on any atom is 0.344 e. The van der Waals surface area contributed by atoms with Gasteiger partial charge in [-0.15, -0.1) is 11.8 Å². The first-order valence-electron chi connectivity index (χ1n) is 10.2. The van der Waals surface area contributed by atoms with Gasteiger partial charge in [0.25, 0.3) is 5.91 Å². The van der Waals surface area contributed by atoms with Gasteiger partial charge in [0, 0.05) is 16.7 Å². The number of hydrogen-bond donors (Lipinski definition) is 0. The highest BCUT2D eigenvalue weighted by atomic mass is 32.2. The van der Waals surface area contributed by atoms with Crippen LogP contribution in [0.1, 0.15) is 39.7 Å². The summed E-state index contributed by atoms with van der Waals surface area (Å²) in [6, 6.07) is 15.5. The zero-order valence-electron chi connectivity index (χ0n) is 18.0. The third kappa shape index (κ3) is 5.79. The predicted octanol–water partition coefficient (Wildman–Crippen LogP) is 4.82. The third-order valence-corrected chi connectivity index (χ3v) is 6.22. The fourth-order valence-corrected chi connectivity index (χ4v) is 4.31. The number of fused-ring (bicyclic) bond motifs is 1. The average molecular weight is 428 g/mol. The number of carbonyl (C=O) groups is 2. The summed E-state index contributed by atoms with van der Waals surface area (Å²) in [6.07, 6.45) is 0.882. The van der Waals surface area contributed by atoms with Crippen molar-refractivity contribution in [2.24, 2.45) is 0 Å². The van der Waals surface area contributed by atoms with E-state index in [1.807, 2.05) is 48.5 Å². The third-order valence-electron chi connectivity index (χ3n) is 4.98. The summed E-state index contributed by atoms with van der Waals surface area (Å²) in [5.74, 6) is -0.187. The van der Waals surface area contributed by atoms with Gasteiger partial charge < -0.3 is 14.4 Å². The van der Waals surface area contributed by atoms with Gasteiger partial charge in [-0.2, -0.15) is 0 Å². The van der Waals surface area contributed by atoms with Crippen LogP contribution in [0.3, 0.4) is 0 Å². The first-order chi connectivity index (χ1) is 14.2. The number of ether oxygens (including phenoxy) is 2. The van der Waals surface area contributed by atoms with Crippen molar-refractivity contribution in [2.75, 3.05) is 24.7 Å². The Morgan fingerprint density at radius 3 is 2.47 bits per heavy atom. The molecule has 30 heavy (non-hydrogen) atoms. The van der Waals surface area contributed by atoms with Gasteiger partial charge in [-0.25, -0.2) is 4.79 Å². The van der Waals surface area contributed by atoms with Crippen molar-refractivity contribution in [2.45, 2.75) is 49.7 Å². The van der Waals surface area contributed by atoms with Crippen LogP contribution in [-0.2, 0) is 19.7 Å². The highest BCUT2D eigenvalue weighted by Crippen LogP contribution is 2.37. The Morgan fingerprint density at radius 1 is 1.07 bits per heavy atom. The van der Waals surface area contributed by atoms with E-state index in [0.717, 1.165) is 17.0 Å². The number of amides is 1. The summed E-state index contributed by atoms with van der Waals surface area (Å²) in [5.41, 5.74) is 2.12. The number of thioether (sulfide) groups is 1. The van der Waals surface area contributed by atoms with E-state index in [1.54, 1.807) is 16.7 Å². The Kier molecular flexibility index (Phi) is 7.08. The predicted molar refractivity (Wildman–Crippen MR) is 120 cm³/mol. The highest BCUT2D eigenvalue weighted by Gasteiger charge is 2.24. The molecule has 0 saturated heterocycles. The van der Waals surface area contributed by atoms with Gasteiger partial charge >= 0.3 is 5.97 Å². The molecule has 0 fully saturated rings. The maximum atomic E-state index is 12.7. The van der Waals surface area contributed by atoms with E-state index in [2.05, 4.69) is 27.7 Å². The SMILES string of the molecule is CC1CCN(C(=O)COC(=O)COc2ccc(C(C)(C)C)cc2)c2ccccc2S1. The zero-order chi connectivity index (χ0) is 21.7. The van der Waals surface area contributed by atoms with Crippen LogP contribution in [0.4, 0.5) is 5.69 Å². The van der Waals surface area contributed by atoms with Crippen molar-refractivity contribution in [3.05, 3.63) is 54.1 Å². The van der Waals surface area contributed by atoms with Gasteiger partial charge in [-0.3, -0.25) is 4.79 Å². The molecule has 0 bridgehead atoms. The van der Waals surface area contributed by atoms with E-state index < -0.39 is 5.97 Å². The van der Waals surface area contributed by atoms with Crippen LogP contribution in [-0.4, -0.2) is 36.9 Å². The molecule has 5 nitrogen and oxygen atoms in total. The number of benzene rings is 2. The lowest BCUT2D eigenvalue weighted by Crippen LogP contribution is -2.36. The topological polar surface area (TPSA) is 55.8 Å². The van der Waals surface area contributed by atoms with Crippen LogP contribution >= 0.6 is 11.8 Å². The first-order valence-corrected chi connectivity index (χ1v) is 11.1. The molecule has 1 aliphatic rings. The van der Waals surface area contributed by atoms with Crippen molar-refractivity contribution >= 4 is 29.3 Å². The quantitative estimate of drug-likeness (QED) is 0.640. The lowest BCUT2D eigenvalue weighted by Gasteiger charge is -2.22. The minimum Gasteiger partial charge on any atom is -0.482 e. The summed E-state index contributed by atoms with van der Waals surface area (Å²) in [7, 11) is 0. The Hall–Kier alpha value is -2.47. The highest BCUT2D eigenvalue weighted by molar-refractivity contribution is 8.00. The number of nitrogens with zero attached hydrogens (tertiary/aromatic N) is 1. The molecule has 0 saturated carbocycles.